The van der Waals surface area contributed by atoms with Gasteiger partial charge in [-0.3, -0.25) is 0 Å². The number of benzene rings is 1. The fourth-order valence-corrected chi connectivity index (χ4v) is 2.52. The Balaban J connectivity index is 1.92. The zero-order valence-electron chi connectivity index (χ0n) is 11.3. The maximum absolute atomic E-state index is 6.06. The SMILES string of the molecule is CCNC1CCCC1Oc1ccc(OCC)cc1. The van der Waals surface area contributed by atoms with Gasteiger partial charge in [-0.1, -0.05) is 6.92 Å². The van der Waals surface area contributed by atoms with Crippen LogP contribution in [-0.4, -0.2) is 25.3 Å². The molecule has 0 amide bonds. The van der Waals surface area contributed by atoms with Gasteiger partial charge >= 0.3 is 0 Å². The van der Waals surface area contributed by atoms with E-state index >= 15 is 0 Å². The lowest BCUT2D eigenvalue weighted by atomic mass is 10.2. The predicted molar refractivity (Wildman–Crippen MR) is 73.3 cm³/mol. The first-order chi connectivity index (χ1) is 8.83. The standard InChI is InChI=1S/C15H23NO2/c1-3-16-14-6-5-7-15(14)18-13-10-8-12(9-11-13)17-4-2/h8-11,14-16H,3-7H2,1-2H3. The number of nitrogens with one attached hydrogen (secondary N) is 1. The number of rotatable bonds is 6. The highest BCUT2D eigenvalue weighted by molar-refractivity contribution is 5.31. The maximum Gasteiger partial charge on any atom is 0.120 e. The molecule has 1 aliphatic rings. The van der Waals surface area contributed by atoms with Crippen LogP contribution >= 0.6 is 0 Å². The quantitative estimate of drug-likeness (QED) is 0.840. The van der Waals surface area contributed by atoms with E-state index in [2.05, 4.69) is 12.2 Å². The first kappa shape index (κ1) is 13.2. The Kier molecular flexibility index (Phi) is 4.88. The van der Waals surface area contributed by atoms with Crippen molar-refractivity contribution in [1.29, 1.82) is 0 Å². The van der Waals surface area contributed by atoms with Gasteiger partial charge in [-0.25, -0.2) is 0 Å². The van der Waals surface area contributed by atoms with E-state index in [9.17, 15) is 0 Å². The van der Waals surface area contributed by atoms with Crippen LogP contribution in [0.3, 0.4) is 0 Å². The van der Waals surface area contributed by atoms with Gasteiger partial charge in [-0.05, 0) is 57.0 Å². The lowest BCUT2D eigenvalue weighted by Crippen LogP contribution is -2.38. The molecule has 3 nitrogen and oxygen atoms in total. The van der Waals surface area contributed by atoms with Crippen molar-refractivity contribution < 1.29 is 9.47 Å². The van der Waals surface area contributed by atoms with Crippen molar-refractivity contribution in [2.45, 2.75) is 45.3 Å². The number of ether oxygens (including phenoxy) is 2. The second-order valence-corrected chi connectivity index (χ2v) is 4.66. The molecule has 0 heterocycles. The van der Waals surface area contributed by atoms with Crippen LogP contribution in [0.4, 0.5) is 0 Å². The fraction of sp³-hybridized carbons (Fsp3) is 0.600. The number of hydrogen-bond acceptors (Lipinski definition) is 3. The Morgan fingerprint density at radius 3 is 2.50 bits per heavy atom. The summed E-state index contributed by atoms with van der Waals surface area (Å²) in [4.78, 5) is 0. The van der Waals surface area contributed by atoms with E-state index in [1.54, 1.807) is 0 Å². The van der Waals surface area contributed by atoms with Crippen molar-refractivity contribution in [3.05, 3.63) is 24.3 Å². The minimum atomic E-state index is 0.308. The molecule has 1 aromatic carbocycles. The molecule has 2 rings (SSSR count). The lowest BCUT2D eigenvalue weighted by Gasteiger charge is -2.22. The van der Waals surface area contributed by atoms with Gasteiger partial charge in [-0.15, -0.1) is 0 Å². The molecular formula is C15H23NO2. The van der Waals surface area contributed by atoms with Crippen molar-refractivity contribution in [1.82, 2.24) is 5.32 Å². The van der Waals surface area contributed by atoms with Crippen molar-refractivity contribution in [3.63, 3.8) is 0 Å². The van der Waals surface area contributed by atoms with E-state index in [0.717, 1.165) is 24.5 Å². The van der Waals surface area contributed by atoms with E-state index in [4.69, 9.17) is 9.47 Å². The topological polar surface area (TPSA) is 30.5 Å². The van der Waals surface area contributed by atoms with E-state index in [1.165, 1.54) is 12.8 Å². The van der Waals surface area contributed by atoms with Gasteiger partial charge in [0.15, 0.2) is 0 Å². The molecule has 0 spiro atoms. The fourth-order valence-electron chi connectivity index (χ4n) is 2.52. The average Bonchev–Trinajstić information content (AvgIpc) is 2.80. The van der Waals surface area contributed by atoms with Crippen LogP contribution in [-0.2, 0) is 0 Å². The molecule has 100 valence electrons. The molecule has 3 heteroatoms. The Morgan fingerprint density at radius 1 is 1.11 bits per heavy atom. The molecule has 1 aromatic rings. The molecule has 2 unspecified atom stereocenters. The van der Waals surface area contributed by atoms with Gasteiger partial charge in [0.2, 0.25) is 0 Å². The van der Waals surface area contributed by atoms with Gasteiger partial charge in [0.05, 0.1) is 6.61 Å². The summed E-state index contributed by atoms with van der Waals surface area (Å²) < 4.78 is 11.5. The molecule has 18 heavy (non-hydrogen) atoms. The Hall–Kier alpha value is -1.22. The van der Waals surface area contributed by atoms with E-state index < -0.39 is 0 Å². The molecular weight excluding hydrogens is 226 g/mol. The molecule has 1 fully saturated rings. The largest absolute Gasteiger partial charge is 0.494 e. The molecule has 1 N–H and O–H groups in total. The smallest absolute Gasteiger partial charge is 0.120 e. The minimum absolute atomic E-state index is 0.308. The van der Waals surface area contributed by atoms with Crippen molar-refractivity contribution in [3.8, 4) is 11.5 Å². The monoisotopic (exact) mass is 249 g/mol. The second-order valence-electron chi connectivity index (χ2n) is 4.66. The van der Waals surface area contributed by atoms with Crippen molar-refractivity contribution in [2.75, 3.05) is 13.2 Å². The Labute approximate surface area is 109 Å². The van der Waals surface area contributed by atoms with Gasteiger partial charge in [-0.2, -0.15) is 0 Å². The van der Waals surface area contributed by atoms with Crippen molar-refractivity contribution in [2.24, 2.45) is 0 Å². The maximum atomic E-state index is 6.06. The summed E-state index contributed by atoms with van der Waals surface area (Å²) in [5, 5.41) is 3.50. The Morgan fingerprint density at radius 2 is 1.83 bits per heavy atom. The van der Waals surface area contributed by atoms with Crippen LogP contribution in [0, 0.1) is 0 Å². The normalized spacial score (nSPS) is 23.0. The summed E-state index contributed by atoms with van der Waals surface area (Å²) >= 11 is 0. The highest BCUT2D eigenvalue weighted by Gasteiger charge is 2.27. The molecule has 1 aliphatic carbocycles. The summed E-state index contributed by atoms with van der Waals surface area (Å²) in [5.74, 6) is 1.84. The summed E-state index contributed by atoms with van der Waals surface area (Å²) in [7, 11) is 0. The minimum Gasteiger partial charge on any atom is -0.494 e. The highest BCUT2D eigenvalue weighted by atomic mass is 16.5. The van der Waals surface area contributed by atoms with Crippen LogP contribution in [0.2, 0.25) is 0 Å². The number of likely N-dealkylation sites (N-methyl/N-ethyl adjacent to an activating group) is 1. The van der Waals surface area contributed by atoms with E-state index in [1.807, 2.05) is 31.2 Å². The van der Waals surface area contributed by atoms with Crippen molar-refractivity contribution >= 4 is 0 Å². The summed E-state index contributed by atoms with van der Waals surface area (Å²) in [5.41, 5.74) is 0. The van der Waals surface area contributed by atoms with Gasteiger partial charge in [0, 0.05) is 6.04 Å². The summed E-state index contributed by atoms with van der Waals surface area (Å²) in [6.07, 6.45) is 3.92. The van der Waals surface area contributed by atoms with Gasteiger partial charge in [0.1, 0.15) is 17.6 Å². The summed E-state index contributed by atoms with van der Waals surface area (Å²) in [6.45, 7) is 5.84. The zero-order chi connectivity index (χ0) is 12.8. The van der Waals surface area contributed by atoms with E-state index in [-0.39, 0.29) is 0 Å². The highest BCUT2D eigenvalue weighted by Crippen LogP contribution is 2.26. The third-order valence-electron chi connectivity index (χ3n) is 3.34. The molecule has 0 radical (unpaired) electrons. The van der Waals surface area contributed by atoms with Crippen LogP contribution in [0.5, 0.6) is 11.5 Å². The third kappa shape index (κ3) is 3.39. The Bertz CT molecular complexity index is 350. The average molecular weight is 249 g/mol. The van der Waals surface area contributed by atoms with Gasteiger partial charge in [0.25, 0.3) is 0 Å². The molecule has 0 aromatic heterocycles. The molecule has 1 saturated carbocycles. The summed E-state index contributed by atoms with van der Waals surface area (Å²) in [6, 6.07) is 8.42. The van der Waals surface area contributed by atoms with Crippen LogP contribution in [0.15, 0.2) is 24.3 Å². The van der Waals surface area contributed by atoms with Crippen LogP contribution in [0.1, 0.15) is 33.1 Å². The number of hydrogen-bond donors (Lipinski definition) is 1. The molecule has 0 aliphatic heterocycles. The molecule has 2 atom stereocenters. The lowest BCUT2D eigenvalue weighted by molar-refractivity contribution is 0.175. The third-order valence-corrected chi connectivity index (χ3v) is 3.34. The van der Waals surface area contributed by atoms with Gasteiger partial charge < -0.3 is 14.8 Å². The van der Waals surface area contributed by atoms with E-state index in [0.29, 0.717) is 18.8 Å². The van der Waals surface area contributed by atoms with Crippen LogP contribution < -0.4 is 14.8 Å². The first-order valence-corrected chi connectivity index (χ1v) is 6.96. The molecule has 0 bridgehead atoms. The second kappa shape index (κ2) is 6.64. The predicted octanol–water partition coefficient (Wildman–Crippen LogP) is 2.99. The molecule has 0 saturated heterocycles. The van der Waals surface area contributed by atoms with Crippen LogP contribution in [0.25, 0.3) is 0 Å². The zero-order valence-corrected chi connectivity index (χ0v) is 11.3. The first-order valence-electron chi connectivity index (χ1n) is 6.96.